The van der Waals surface area contributed by atoms with Gasteiger partial charge in [0.05, 0.1) is 17.8 Å². The molecule has 0 aliphatic carbocycles. The van der Waals surface area contributed by atoms with Crippen LogP contribution in [-0.4, -0.2) is 38.8 Å². The zero-order chi connectivity index (χ0) is 15.4. The second kappa shape index (κ2) is 6.35. The molecule has 1 heterocycles. The molecule has 110 valence electrons. The van der Waals surface area contributed by atoms with E-state index in [1.165, 1.54) is 37.9 Å². The van der Waals surface area contributed by atoms with E-state index in [1.54, 1.807) is 6.07 Å². The second-order valence-corrected chi connectivity index (χ2v) is 5.04. The first kappa shape index (κ1) is 15.0. The molecule has 2 rings (SSSR count). The van der Waals surface area contributed by atoms with Crippen LogP contribution in [0.5, 0.6) is 5.75 Å². The van der Waals surface area contributed by atoms with Gasteiger partial charge in [0.15, 0.2) is 11.6 Å². The number of hydrogen-bond acceptors (Lipinski definition) is 7. The lowest BCUT2D eigenvalue weighted by molar-refractivity contribution is -0.385. The summed E-state index contributed by atoms with van der Waals surface area (Å²) in [6.07, 6.45) is 0. The topological polar surface area (TPSA) is 111 Å². The summed E-state index contributed by atoms with van der Waals surface area (Å²) in [6.45, 7) is 1.48. The fourth-order valence-corrected chi connectivity index (χ4v) is 2.18. The number of carbonyl (C=O) groups is 1. The summed E-state index contributed by atoms with van der Waals surface area (Å²) in [6, 6.07) is 4.50. The Morgan fingerprint density at radius 3 is 2.90 bits per heavy atom. The minimum Gasteiger partial charge on any atom is -0.490 e. The van der Waals surface area contributed by atoms with Gasteiger partial charge in [0, 0.05) is 11.6 Å². The summed E-state index contributed by atoms with van der Waals surface area (Å²) in [5.41, 5.74) is 0.369. The van der Waals surface area contributed by atoms with Crippen molar-refractivity contribution in [1.29, 1.82) is 0 Å². The molecule has 0 saturated carbocycles. The van der Waals surface area contributed by atoms with Crippen LogP contribution in [-0.2, 0) is 4.79 Å². The molecular formula is C12H12N4O4S. The number of ether oxygens (including phenoxy) is 1. The molecule has 0 bridgehead atoms. The van der Waals surface area contributed by atoms with Gasteiger partial charge < -0.3 is 4.74 Å². The van der Waals surface area contributed by atoms with Crippen molar-refractivity contribution in [2.45, 2.75) is 12.1 Å². The number of thioether (sulfide) groups is 1. The molecule has 1 N–H and O–H groups in total. The van der Waals surface area contributed by atoms with Crippen molar-refractivity contribution < 1.29 is 14.5 Å². The first-order valence-corrected chi connectivity index (χ1v) is 6.87. The van der Waals surface area contributed by atoms with Crippen molar-refractivity contribution in [3.05, 3.63) is 28.3 Å². The molecule has 8 nitrogen and oxygen atoms in total. The number of H-pyrrole nitrogens is 1. The van der Waals surface area contributed by atoms with Gasteiger partial charge in [-0.3, -0.25) is 20.0 Å². The van der Waals surface area contributed by atoms with Gasteiger partial charge in [-0.25, -0.2) is 4.98 Å². The van der Waals surface area contributed by atoms with Crippen LogP contribution in [0.3, 0.4) is 0 Å². The number of hydrogen-bond donors (Lipinski definition) is 1. The van der Waals surface area contributed by atoms with E-state index in [2.05, 4.69) is 15.2 Å². The fraction of sp³-hybridized carbons (Fsp3) is 0.250. The van der Waals surface area contributed by atoms with E-state index in [1.807, 2.05) is 0 Å². The highest BCUT2D eigenvalue weighted by Gasteiger charge is 2.17. The molecule has 2 aromatic rings. The minimum atomic E-state index is -0.524. The lowest BCUT2D eigenvalue weighted by atomic mass is 10.2. The van der Waals surface area contributed by atoms with Gasteiger partial charge >= 0.3 is 5.69 Å². The van der Waals surface area contributed by atoms with Gasteiger partial charge in [-0.1, -0.05) is 11.8 Å². The van der Waals surface area contributed by atoms with Crippen LogP contribution in [0.1, 0.15) is 6.92 Å². The number of aromatic nitrogens is 3. The van der Waals surface area contributed by atoms with Crippen molar-refractivity contribution in [3.63, 3.8) is 0 Å². The molecule has 21 heavy (non-hydrogen) atoms. The van der Waals surface area contributed by atoms with Crippen LogP contribution in [0.25, 0.3) is 11.4 Å². The maximum Gasteiger partial charge on any atom is 0.311 e. The minimum absolute atomic E-state index is 0.0198. The number of carbonyl (C=O) groups excluding carboxylic acids is 1. The van der Waals surface area contributed by atoms with Crippen molar-refractivity contribution in [3.8, 4) is 17.1 Å². The molecule has 0 unspecified atom stereocenters. The first-order chi connectivity index (χ1) is 10.0. The Balaban J connectivity index is 2.28. The van der Waals surface area contributed by atoms with Gasteiger partial charge in [-0.2, -0.15) is 0 Å². The average molecular weight is 308 g/mol. The third-order valence-corrected chi connectivity index (χ3v) is 3.51. The Morgan fingerprint density at radius 1 is 1.52 bits per heavy atom. The second-order valence-electron chi connectivity index (χ2n) is 4.10. The lowest BCUT2D eigenvalue weighted by Gasteiger charge is -2.02. The maximum absolute atomic E-state index is 11.0. The number of nitrogens with zero attached hydrogens (tertiary/aromatic N) is 3. The van der Waals surface area contributed by atoms with Crippen LogP contribution in [0.2, 0.25) is 0 Å². The van der Waals surface area contributed by atoms with Gasteiger partial charge in [0.25, 0.3) is 0 Å². The van der Waals surface area contributed by atoms with E-state index in [4.69, 9.17) is 4.74 Å². The molecule has 0 fully saturated rings. The summed E-state index contributed by atoms with van der Waals surface area (Å²) < 4.78 is 4.94. The molecule has 0 amide bonds. The average Bonchev–Trinajstić information content (AvgIpc) is 2.93. The maximum atomic E-state index is 11.0. The van der Waals surface area contributed by atoms with E-state index >= 15 is 0 Å². The van der Waals surface area contributed by atoms with Gasteiger partial charge in [0.2, 0.25) is 5.16 Å². The van der Waals surface area contributed by atoms with Crippen molar-refractivity contribution in [2.24, 2.45) is 0 Å². The predicted octanol–water partition coefficient (Wildman–Crippen LogP) is 2.07. The summed E-state index contributed by atoms with van der Waals surface area (Å²) in [5, 5.41) is 18.0. The largest absolute Gasteiger partial charge is 0.490 e. The number of nitrogens with one attached hydrogen (secondary N) is 1. The zero-order valence-corrected chi connectivity index (χ0v) is 12.1. The van der Waals surface area contributed by atoms with Crippen LogP contribution in [0, 0.1) is 10.1 Å². The van der Waals surface area contributed by atoms with Crippen LogP contribution in [0.15, 0.2) is 23.4 Å². The SMILES string of the molecule is COc1ccc(-c2nc(SCC(C)=O)n[nH]2)cc1[N+](=O)[O-]. The quantitative estimate of drug-likeness (QED) is 0.494. The standard InChI is InChI=1S/C12H12N4O4S/c1-7(17)6-21-12-13-11(14-15-12)8-3-4-10(20-2)9(5-8)16(18)19/h3-5H,6H2,1-2H3,(H,13,14,15). The molecule has 0 aliphatic rings. The van der Waals surface area contributed by atoms with Crippen molar-refractivity contribution in [2.75, 3.05) is 12.9 Å². The van der Waals surface area contributed by atoms with Gasteiger partial charge in [-0.05, 0) is 19.1 Å². The van der Waals surface area contributed by atoms with E-state index in [9.17, 15) is 14.9 Å². The fourth-order valence-electron chi connectivity index (χ4n) is 1.59. The highest BCUT2D eigenvalue weighted by Crippen LogP contribution is 2.31. The van der Waals surface area contributed by atoms with Crippen molar-refractivity contribution >= 4 is 23.2 Å². The number of nitro groups is 1. The van der Waals surface area contributed by atoms with Crippen molar-refractivity contribution in [1.82, 2.24) is 15.2 Å². The number of benzene rings is 1. The summed E-state index contributed by atoms with van der Waals surface area (Å²) in [5.74, 6) is 0.868. The highest BCUT2D eigenvalue weighted by atomic mass is 32.2. The van der Waals surface area contributed by atoms with E-state index in [0.29, 0.717) is 16.5 Å². The normalized spacial score (nSPS) is 10.4. The molecule has 9 heteroatoms. The summed E-state index contributed by atoms with van der Waals surface area (Å²) in [4.78, 5) is 25.6. The number of nitro benzene ring substituents is 1. The Kier molecular flexibility index (Phi) is 4.53. The molecule has 0 spiro atoms. The third kappa shape index (κ3) is 3.57. The molecular weight excluding hydrogens is 296 g/mol. The van der Waals surface area contributed by atoms with Crippen LogP contribution < -0.4 is 4.74 Å². The third-order valence-electron chi connectivity index (χ3n) is 2.52. The molecule has 0 saturated heterocycles. The Morgan fingerprint density at radius 2 is 2.29 bits per heavy atom. The van der Waals surface area contributed by atoms with E-state index < -0.39 is 4.92 Å². The number of aromatic amines is 1. The lowest BCUT2D eigenvalue weighted by Crippen LogP contribution is -1.94. The van der Waals surface area contributed by atoms with Gasteiger partial charge in [0.1, 0.15) is 5.78 Å². The zero-order valence-electron chi connectivity index (χ0n) is 11.3. The number of methoxy groups -OCH3 is 1. The van der Waals surface area contributed by atoms with Crippen LogP contribution in [0.4, 0.5) is 5.69 Å². The Bertz CT molecular complexity index is 686. The van der Waals surface area contributed by atoms with E-state index in [0.717, 1.165) is 0 Å². The monoisotopic (exact) mass is 308 g/mol. The van der Waals surface area contributed by atoms with Gasteiger partial charge in [-0.15, -0.1) is 5.10 Å². The van der Waals surface area contributed by atoms with E-state index in [-0.39, 0.29) is 23.0 Å². The highest BCUT2D eigenvalue weighted by molar-refractivity contribution is 7.99. The predicted molar refractivity (Wildman–Crippen MR) is 76.4 cm³/mol. The Hall–Kier alpha value is -2.42. The molecule has 0 aliphatic heterocycles. The number of ketones is 1. The molecule has 1 aromatic carbocycles. The first-order valence-electron chi connectivity index (χ1n) is 5.88. The summed E-state index contributed by atoms with van der Waals surface area (Å²) >= 11 is 1.20. The molecule has 0 atom stereocenters. The molecule has 0 radical (unpaired) electrons. The molecule has 1 aromatic heterocycles. The Labute approximate surface area is 124 Å². The number of Topliss-reactive ketones (excluding diaryl/α,β-unsaturated/α-hetero) is 1. The number of rotatable bonds is 6. The summed E-state index contributed by atoms with van der Waals surface area (Å²) in [7, 11) is 1.37. The van der Waals surface area contributed by atoms with Crippen LogP contribution >= 0.6 is 11.8 Å². The smallest absolute Gasteiger partial charge is 0.311 e.